The van der Waals surface area contributed by atoms with Crippen molar-refractivity contribution in [2.24, 2.45) is 0 Å². The summed E-state index contributed by atoms with van der Waals surface area (Å²) in [7, 11) is -9.96. The van der Waals surface area contributed by atoms with Gasteiger partial charge in [0.1, 0.15) is 19.3 Å². The number of allylic oxidation sites excluding steroid dienone is 18. The molecule has 96 heavy (non-hydrogen) atoms. The first-order valence-electron chi connectivity index (χ1n) is 37.1. The van der Waals surface area contributed by atoms with E-state index >= 15 is 0 Å². The largest absolute Gasteiger partial charge is 0.472 e. The van der Waals surface area contributed by atoms with E-state index in [-0.39, 0.29) is 25.7 Å². The van der Waals surface area contributed by atoms with Crippen LogP contribution in [0.25, 0.3) is 0 Å². The van der Waals surface area contributed by atoms with Gasteiger partial charge in [0.05, 0.1) is 26.4 Å². The Kier molecular flexibility index (Phi) is 66.1. The van der Waals surface area contributed by atoms with Crippen LogP contribution in [0, 0.1) is 0 Å². The molecule has 0 bridgehead atoms. The molecule has 0 rings (SSSR count). The van der Waals surface area contributed by atoms with E-state index in [1.807, 2.05) is 12.2 Å². The van der Waals surface area contributed by atoms with Gasteiger partial charge in [0, 0.05) is 25.7 Å². The Hall–Kier alpha value is -4.28. The molecule has 0 amide bonds. The predicted octanol–water partition coefficient (Wildman–Crippen LogP) is 21.0. The summed E-state index contributed by atoms with van der Waals surface area (Å²) in [4.78, 5) is 72.7. The summed E-state index contributed by atoms with van der Waals surface area (Å²) in [6, 6.07) is 0. The SMILES string of the molecule is CC/C=C\C/C=C\C/C=C\C/C=C\C/C=C\CCCC(=O)OCC(COP(=O)(O)OCC(O)COP(=O)(O)OCC(COC(=O)CCCCCCC/C=C\C/C=C\CCCCC)OC(=O)CCCCCCC/C=C\C/C=C\CCC)OC(=O)CCCCCCCCCCCCC. The summed E-state index contributed by atoms with van der Waals surface area (Å²) >= 11 is 0. The molecule has 0 aromatic carbocycles. The van der Waals surface area contributed by atoms with E-state index in [4.69, 9.17) is 37.0 Å². The predicted molar refractivity (Wildman–Crippen MR) is 390 cm³/mol. The van der Waals surface area contributed by atoms with Crippen LogP contribution in [0.4, 0.5) is 0 Å². The molecule has 19 heteroatoms. The van der Waals surface area contributed by atoms with Crippen molar-refractivity contribution in [3.63, 3.8) is 0 Å². The zero-order valence-corrected chi connectivity index (χ0v) is 61.8. The maximum atomic E-state index is 13.0. The molecule has 0 aliphatic carbocycles. The lowest BCUT2D eigenvalue weighted by Crippen LogP contribution is -2.30. The van der Waals surface area contributed by atoms with Crippen LogP contribution in [0.15, 0.2) is 109 Å². The molecule has 0 saturated heterocycles. The van der Waals surface area contributed by atoms with Gasteiger partial charge in [-0.05, 0) is 122 Å². The van der Waals surface area contributed by atoms with Gasteiger partial charge < -0.3 is 33.8 Å². The van der Waals surface area contributed by atoms with E-state index in [0.717, 1.165) is 154 Å². The molecule has 0 radical (unpaired) electrons. The number of phosphoric ester groups is 2. The number of hydrogen-bond acceptors (Lipinski definition) is 15. The topological polar surface area (TPSA) is 237 Å². The van der Waals surface area contributed by atoms with Crippen LogP contribution in [0.2, 0.25) is 0 Å². The second-order valence-electron chi connectivity index (χ2n) is 24.5. The number of phosphoric acid groups is 2. The maximum absolute atomic E-state index is 13.0. The van der Waals surface area contributed by atoms with E-state index in [1.165, 1.54) is 57.8 Å². The van der Waals surface area contributed by atoms with Gasteiger partial charge in [-0.15, -0.1) is 0 Å². The molecule has 0 spiro atoms. The molecule has 0 aromatic rings. The fourth-order valence-corrected chi connectivity index (χ4v) is 11.1. The fourth-order valence-electron chi connectivity index (χ4n) is 9.56. The van der Waals surface area contributed by atoms with Crippen LogP contribution in [0.1, 0.15) is 297 Å². The third-order valence-electron chi connectivity index (χ3n) is 15.2. The first-order valence-corrected chi connectivity index (χ1v) is 40.1. The molecular formula is C77H132O17P2. The Morgan fingerprint density at radius 2 is 0.573 bits per heavy atom. The Morgan fingerprint density at radius 1 is 0.302 bits per heavy atom. The van der Waals surface area contributed by atoms with E-state index < -0.39 is 97.5 Å². The van der Waals surface area contributed by atoms with E-state index in [1.54, 1.807) is 0 Å². The fraction of sp³-hybridized carbons (Fsp3) is 0.714. The molecule has 5 unspecified atom stereocenters. The normalized spacial score (nSPS) is 14.6. The first-order chi connectivity index (χ1) is 46.7. The number of rotatable bonds is 69. The highest BCUT2D eigenvalue weighted by atomic mass is 31.2. The van der Waals surface area contributed by atoms with Crippen LogP contribution >= 0.6 is 15.6 Å². The Morgan fingerprint density at radius 3 is 0.938 bits per heavy atom. The van der Waals surface area contributed by atoms with Crippen LogP contribution in [-0.4, -0.2) is 96.7 Å². The van der Waals surface area contributed by atoms with Crippen molar-refractivity contribution in [3.8, 4) is 0 Å². The van der Waals surface area contributed by atoms with Crippen LogP contribution in [0.5, 0.6) is 0 Å². The molecule has 0 aliphatic heterocycles. The van der Waals surface area contributed by atoms with Crippen LogP contribution in [0.3, 0.4) is 0 Å². The van der Waals surface area contributed by atoms with Gasteiger partial charge in [0.2, 0.25) is 0 Å². The summed E-state index contributed by atoms with van der Waals surface area (Å²) in [5.41, 5.74) is 0. The van der Waals surface area contributed by atoms with Crippen molar-refractivity contribution >= 4 is 39.5 Å². The highest BCUT2D eigenvalue weighted by Gasteiger charge is 2.30. The van der Waals surface area contributed by atoms with Gasteiger partial charge in [-0.2, -0.15) is 0 Å². The van der Waals surface area contributed by atoms with Gasteiger partial charge in [0.25, 0.3) is 0 Å². The molecule has 0 aromatic heterocycles. The number of aliphatic hydroxyl groups is 1. The molecular weight excluding hydrogens is 1260 g/mol. The smallest absolute Gasteiger partial charge is 0.462 e. The second-order valence-corrected chi connectivity index (χ2v) is 27.4. The monoisotopic (exact) mass is 1390 g/mol. The van der Waals surface area contributed by atoms with Crippen molar-refractivity contribution in [1.29, 1.82) is 0 Å². The number of esters is 4. The average molecular weight is 1390 g/mol. The summed E-state index contributed by atoms with van der Waals surface area (Å²) in [6.07, 6.45) is 72.4. The third-order valence-corrected chi connectivity index (χ3v) is 17.1. The van der Waals surface area contributed by atoms with Crippen molar-refractivity contribution < 1.29 is 80.2 Å². The highest BCUT2D eigenvalue weighted by Crippen LogP contribution is 2.45. The summed E-state index contributed by atoms with van der Waals surface area (Å²) < 4.78 is 68.3. The first kappa shape index (κ1) is 91.7. The van der Waals surface area contributed by atoms with Gasteiger partial charge in [-0.1, -0.05) is 259 Å². The molecule has 3 N–H and O–H groups in total. The molecule has 0 aliphatic rings. The zero-order valence-electron chi connectivity index (χ0n) is 60.0. The summed E-state index contributed by atoms with van der Waals surface area (Å²) in [5, 5.41) is 10.6. The van der Waals surface area contributed by atoms with E-state index in [2.05, 4.69) is 125 Å². The Balaban J connectivity index is 5.38. The molecule has 5 atom stereocenters. The zero-order chi connectivity index (χ0) is 70.4. The van der Waals surface area contributed by atoms with Gasteiger partial charge in [0.15, 0.2) is 12.2 Å². The summed E-state index contributed by atoms with van der Waals surface area (Å²) in [5.74, 6) is -2.27. The van der Waals surface area contributed by atoms with E-state index in [9.17, 15) is 43.2 Å². The Bertz CT molecular complexity index is 2250. The van der Waals surface area contributed by atoms with Crippen molar-refractivity contribution in [1.82, 2.24) is 0 Å². The quantitative estimate of drug-likeness (QED) is 0.0169. The van der Waals surface area contributed by atoms with Gasteiger partial charge >= 0.3 is 39.5 Å². The van der Waals surface area contributed by atoms with E-state index in [0.29, 0.717) is 32.1 Å². The van der Waals surface area contributed by atoms with Crippen molar-refractivity contribution in [2.75, 3.05) is 39.6 Å². The third kappa shape index (κ3) is 68.3. The number of ether oxygens (including phenoxy) is 4. The van der Waals surface area contributed by atoms with Crippen molar-refractivity contribution in [2.45, 2.75) is 316 Å². The lowest BCUT2D eigenvalue weighted by atomic mass is 10.1. The molecule has 0 fully saturated rings. The lowest BCUT2D eigenvalue weighted by Gasteiger charge is -2.21. The highest BCUT2D eigenvalue weighted by molar-refractivity contribution is 7.47. The Labute approximate surface area is 581 Å². The number of aliphatic hydroxyl groups excluding tert-OH is 1. The minimum absolute atomic E-state index is 0.0739. The number of hydrogen-bond donors (Lipinski definition) is 3. The number of carbonyl (C=O) groups is 4. The average Bonchev–Trinajstić information content (AvgIpc) is 1.13. The van der Waals surface area contributed by atoms with Crippen LogP contribution < -0.4 is 0 Å². The van der Waals surface area contributed by atoms with Gasteiger partial charge in [-0.25, -0.2) is 9.13 Å². The van der Waals surface area contributed by atoms with Gasteiger partial charge in [-0.3, -0.25) is 37.3 Å². The standard InChI is InChI=1S/C77H132O17P2/c1-5-9-13-17-21-25-29-32-34-35-37-40-43-46-50-54-58-62-75(80)87-67-72(93-76(81)63-59-55-51-47-41-28-24-20-16-12-8-4)69-91-95(83,84)89-65-71(78)66-90-96(85,86)92-70-73(94-77(82)64-60-56-52-48-44-38-31-27-23-19-15-11-7-3)68-88-74(79)61-57-53-49-45-42-39-36-33-30-26-22-18-14-10-6-2/h9,13,15,19,21-22,25-27,31-34,36-37,40,46,50,71-73,78H,5-8,10-12,14,16-18,20,23-24,28-30,35,38-39,41-45,47-49,51-70H2,1-4H3,(H,83,84)(H,85,86)/b13-9-,19-15-,25-21-,26-22-,31-27-,34-32-,36-33-,40-37-,50-46-. The number of carbonyl (C=O) groups excluding carboxylic acids is 4. The van der Waals surface area contributed by atoms with Crippen LogP contribution in [-0.2, 0) is 65.4 Å². The lowest BCUT2D eigenvalue weighted by molar-refractivity contribution is -0.161. The molecule has 0 heterocycles. The second kappa shape index (κ2) is 69.2. The molecule has 552 valence electrons. The minimum Gasteiger partial charge on any atom is -0.462 e. The molecule has 0 saturated carbocycles. The number of unbranched alkanes of at least 4 members (excludes halogenated alkanes) is 25. The molecule has 17 nitrogen and oxygen atoms in total. The minimum atomic E-state index is -4.98. The maximum Gasteiger partial charge on any atom is 0.472 e. The van der Waals surface area contributed by atoms with Crippen molar-refractivity contribution in [3.05, 3.63) is 109 Å². The summed E-state index contributed by atoms with van der Waals surface area (Å²) in [6.45, 7) is 4.56.